The molecule has 2 aliphatic heterocycles. The minimum Gasteiger partial charge on any atom is -0.369 e. The Labute approximate surface area is 323 Å². The largest absolute Gasteiger partial charge is 0.369 e. The maximum atomic E-state index is 12.6. The van der Waals surface area contributed by atoms with E-state index in [9.17, 15) is 8.42 Å². The maximum Gasteiger partial charge on any atom is 0.211 e. The van der Waals surface area contributed by atoms with Gasteiger partial charge in [-0.15, -0.1) is 0 Å². The van der Waals surface area contributed by atoms with Gasteiger partial charge in [0.15, 0.2) is 0 Å². The highest BCUT2D eigenvalue weighted by atomic mass is 35.5. The summed E-state index contributed by atoms with van der Waals surface area (Å²) < 4.78 is 28.9. The summed E-state index contributed by atoms with van der Waals surface area (Å²) in [6.07, 6.45) is 2.86. The lowest BCUT2D eigenvalue weighted by atomic mass is 10.0. The number of sulfonamides is 1. The monoisotopic (exact) mass is 766 g/mol. The first-order valence-electron chi connectivity index (χ1n) is 18.1. The van der Waals surface area contributed by atoms with E-state index in [2.05, 4.69) is 74.1 Å². The highest BCUT2D eigenvalue weighted by Crippen LogP contribution is 2.33. The number of fused-ring (bicyclic) bond motifs is 1. The fourth-order valence-electron chi connectivity index (χ4n) is 7.10. The van der Waals surface area contributed by atoms with Crippen LogP contribution in [0.5, 0.6) is 0 Å². The quantitative estimate of drug-likeness (QED) is 0.145. The molecule has 0 amide bonds. The predicted octanol–water partition coefficient (Wildman–Crippen LogP) is 7.08. The number of hydrogen-bond acceptors (Lipinski definition) is 6. The van der Waals surface area contributed by atoms with Gasteiger partial charge < -0.3 is 10.2 Å². The van der Waals surface area contributed by atoms with Crippen molar-refractivity contribution < 1.29 is 8.42 Å². The molecule has 1 saturated heterocycles. The van der Waals surface area contributed by atoms with Crippen molar-refractivity contribution in [3.8, 4) is 23.1 Å². The van der Waals surface area contributed by atoms with Crippen LogP contribution in [0.3, 0.4) is 0 Å². The van der Waals surface area contributed by atoms with Crippen LogP contribution in [-0.4, -0.2) is 72.9 Å². The summed E-state index contributed by atoms with van der Waals surface area (Å²) in [6.45, 7) is 8.04. The average molecular weight is 768 g/mol. The van der Waals surface area contributed by atoms with E-state index in [1.54, 1.807) is 4.31 Å². The Balaban J connectivity index is 1.05. The number of hydrogen-bond donors (Lipinski definition) is 1. The van der Waals surface area contributed by atoms with Crippen molar-refractivity contribution in [3.63, 3.8) is 0 Å². The van der Waals surface area contributed by atoms with Gasteiger partial charge in [-0.3, -0.25) is 9.58 Å². The number of aryl methyl sites for hydroxylation is 1. The zero-order valence-corrected chi connectivity index (χ0v) is 32.3. The summed E-state index contributed by atoms with van der Waals surface area (Å²) in [4.78, 5) is 4.98. The van der Waals surface area contributed by atoms with Crippen LogP contribution >= 0.6 is 23.2 Å². The SMILES string of the molecule is CS(=O)(=O)N1CCc2c(c(-c3ccc(Cl)c(C#Cc4cccc(CNCc5ccc(Cl)cc5)c4)c3)nn2CCCN2CCN(c3ccccc3)CC2)C1. The van der Waals surface area contributed by atoms with Gasteiger partial charge >= 0.3 is 0 Å². The van der Waals surface area contributed by atoms with E-state index < -0.39 is 10.0 Å². The first-order chi connectivity index (χ1) is 25.7. The molecule has 11 heteroatoms. The van der Waals surface area contributed by atoms with Gasteiger partial charge in [0, 0.05) is 111 Å². The number of nitrogens with zero attached hydrogens (tertiary/aromatic N) is 5. The molecule has 3 heterocycles. The van der Waals surface area contributed by atoms with Gasteiger partial charge in [0.25, 0.3) is 0 Å². The number of halogens is 2. The van der Waals surface area contributed by atoms with Gasteiger partial charge in [-0.25, -0.2) is 8.42 Å². The van der Waals surface area contributed by atoms with E-state index in [0.29, 0.717) is 36.6 Å². The van der Waals surface area contributed by atoms with Crippen LogP contribution in [0, 0.1) is 11.8 Å². The molecule has 0 aliphatic carbocycles. The van der Waals surface area contributed by atoms with Crippen molar-refractivity contribution in [1.82, 2.24) is 24.3 Å². The molecule has 53 heavy (non-hydrogen) atoms. The summed E-state index contributed by atoms with van der Waals surface area (Å²) in [5.41, 5.74) is 8.91. The molecule has 2 aliphatic rings. The molecule has 8 nitrogen and oxygen atoms in total. The molecule has 0 spiro atoms. The van der Waals surface area contributed by atoms with Crippen LogP contribution in [-0.2, 0) is 42.6 Å². The van der Waals surface area contributed by atoms with E-state index in [-0.39, 0.29) is 0 Å². The van der Waals surface area contributed by atoms with Crippen molar-refractivity contribution >= 4 is 38.9 Å². The Morgan fingerprint density at radius 1 is 0.792 bits per heavy atom. The number of piperazine rings is 1. The van der Waals surface area contributed by atoms with E-state index >= 15 is 0 Å². The number of benzene rings is 4. The normalized spacial score (nSPS) is 15.2. The molecule has 5 aromatic rings. The molecule has 1 N–H and O–H groups in total. The number of para-hydroxylation sites is 1. The van der Waals surface area contributed by atoms with Crippen molar-refractivity contribution in [2.75, 3.05) is 50.4 Å². The van der Waals surface area contributed by atoms with Crippen LogP contribution in [0.4, 0.5) is 5.69 Å². The molecule has 1 fully saturated rings. The summed E-state index contributed by atoms with van der Waals surface area (Å²) >= 11 is 12.7. The summed E-state index contributed by atoms with van der Waals surface area (Å²) in [6, 6.07) is 32.4. The zero-order chi connectivity index (χ0) is 36.8. The minimum atomic E-state index is -3.36. The van der Waals surface area contributed by atoms with Gasteiger partial charge in [-0.05, 0) is 66.1 Å². The molecule has 0 radical (unpaired) electrons. The van der Waals surface area contributed by atoms with E-state index in [1.165, 1.54) is 17.5 Å². The van der Waals surface area contributed by atoms with Gasteiger partial charge in [-0.1, -0.05) is 83.6 Å². The molecular weight excluding hydrogens is 723 g/mol. The lowest BCUT2D eigenvalue weighted by molar-refractivity contribution is 0.248. The molecule has 0 bridgehead atoms. The first-order valence-corrected chi connectivity index (χ1v) is 20.7. The molecule has 274 valence electrons. The number of nitrogens with one attached hydrogen (secondary N) is 1. The number of anilines is 1. The van der Waals surface area contributed by atoms with Crippen molar-refractivity contribution in [3.05, 3.63) is 141 Å². The van der Waals surface area contributed by atoms with Crippen LogP contribution in [0.25, 0.3) is 11.3 Å². The lowest BCUT2D eigenvalue weighted by Crippen LogP contribution is -2.46. The smallest absolute Gasteiger partial charge is 0.211 e. The van der Waals surface area contributed by atoms with Gasteiger partial charge in [0.1, 0.15) is 0 Å². The Hall–Kier alpha value is -4.14. The van der Waals surface area contributed by atoms with Crippen molar-refractivity contribution in [2.45, 2.75) is 39.0 Å². The molecule has 0 saturated carbocycles. The molecular formula is C42H44Cl2N6O2S. The fraction of sp³-hybridized carbons (Fsp3) is 0.310. The highest BCUT2D eigenvalue weighted by molar-refractivity contribution is 7.88. The fourth-order valence-corrected chi connectivity index (χ4v) is 8.18. The first kappa shape index (κ1) is 37.2. The third-order valence-corrected chi connectivity index (χ3v) is 11.8. The number of rotatable bonds is 11. The third-order valence-electron chi connectivity index (χ3n) is 9.99. The maximum absolute atomic E-state index is 12.6. The summed E-state index contributed by atoms with van der Waals surface area (Å²) in [5, 5.41) is 9.90. The van der Waals surface area contributed by atoms with Crippen molar-refractivity contribution in [2.24, 2.45) is 0 Å². The second kappa shape index (κ2) is 16.9. The van der Waals surface area contributed by atoms with E-state index in [4.69, 9.17) is 28.3 Å². The lowest BCUT2D eigenvalue weighted by Gasteiger charge is -2.36. The zero-order valence-electron chi connectivity index (χ0n) is 29.9. The Morgan fingerprint density at radius 3 is 2.34 bits per heavy atom. The average Bonchev–Trinajstić information content (AvgIpc) is 3.53. The number of aromatic nitrogens is 2. The molecule has 4 aromatic carbocycles. The van der Waals surface area contributed by atoms with Crippen LogP contribution < -0.4 is 10.2 Å². The third kappa shape index (κ3) is 9.51. The second-order valence-corrected chi connectivity index (χ2v) is 16.6. The Bertz CT molecular complexity index is 2210. The van der Waals surface area contributed by atoms with Gasteiger partial charge in [0.2, 0.25) is 10.0 Å². The van der Waals surface area contributed by atoms with Crippen LogP contribution in [0.2, 0.25) is 10.0 Å². The second-order valence-electron chi connectivity index (χ2n) is 13.7. The standard InChI is InChI=1S/C42H44Cl2N6O2S/c1-53(51,52)49-22-19-41-39(31-49)42(46-50(41)21-6-20-47-23-25-48(26-24-47)38-9-3-2-4-10-38)36-15-18-40(44)35(28-36)14-11-32-7-5-8-34(27-32)30-45-29-33-12-16-37(43)17-13-33/h2-5,7-10,12-13,15-18,27-28,45H,6,19-26,29-31H2,1H3. The Morgan fingerprint density at radius 2 is 1.57 bits per heavy atom. The predicted molar refractivity (Wildman–Crippen MR) is 216 cm³/mol. The minimum absolute atomic E-state index is 0.299. The molecule has 7 rings (SSSR count). The molecule has 1 aromatic heterocycles. The molecule has 0 unspecified atom stereocenters. The highest BCUT2D eigenvalue weighted by Gasteiger charge is 2.30. The van der Waals surface area contributed by atoms with E-state index in [1.807, 2.05) is 54.6 Å². The molecule has 0 atom stereocenters. The van der Waals surface area contributed by atoms with Crippen molar-refractivity contribution in [1.29, 1.82) is 0 Å². The summed E-state index contributed by atoms with van der Waals surface area (Å²) in [5.74, 6) is 6.60. The van der Waals surface area contributed by atoms with Gasteiger partial charge in [0.05, 0.1) is 17.0 Å². The Kier molecular flexibility index (Phi) is 11.9. The van der Waals surface area contributed by atoms with Crippen LogP contribution in [0.1, 0.15) is 39.9 Å². The van der Waals surface area contributed by atoms with Crippen LogP contribution in [0.15, 0.2) is 97.1 Å². The van der Waals surface area contributed by atoms with Gasteiger partial charge in [-0.2, -0.15) is 9.40 Å². The van der Waals surface area contributed by atoms with E-state index in [0.717, 1.165) is 90.9 Å². The summed E-state index contributed by atoms with van der Waals surface area (Å²) in [7, 11) is -3.36. The topological polar surface area (TPSA) is 73.7 Å².